The van der Waals surface area contributed by atoms with Crippen molar-refractivity contribution in [2.24, 2.45) is 0 Å². The van der Waals surface area contributed by atoms with Crippen LogP contribution in [0.25, 0.3) is 5.52 Å². The Morgan fingerprint density at radius 1 is 1.50 bits per heavy atom. The Balaban J connectivity index is 2.05. The zero-order valence-electron chi connectivity index (χ0n) is 9.83. The third-order valence-electron chi connectivity index (χ3n) is 3.13. The molecule has 1 aliphatic rings. The predicted octanol–water partition coefficient (Wildman–Crippen LogP) is 0.483. The third-order valence-corrected chi connectivity index (χ3v) is 3.13. The zero-order chi connectivity index (χ0) is 12.9. The summed E-state index contributed by atoms with van der Waals surface area (Å²) in [5, 5.41) is 32.6. The molecule has 2 aromatic rings. The smallest absolute Gasteiger partial charge is 0.144 e. The van der Waals surface area contributed by atoms with Crippen LogP contribution in [0.2, 0.25) is 0 Å². The zero-order valence-corrected chi connectivity index (χ0v) is 9.83. The molecule has 1 fully saturated rings. The maximum Gasteiger partial charge on any atom is 0.144 e. The minimum atomic E-state index is -0.674. The topological polar surface area (TPSA) is 84.8 Å². The summed E-state index contributed by atoms with van der Waals surface area (Å²) in [5.74, 6) is 0.0214. The van der Waals surface area contributed by atoms with E-state index in [2.05, 4.69) is 5.10 Å². The van der Waals surface area contributed by atoms with Crippen molar-refractivity contribution in [1.29, 1.82) is 5.26 Å². The molecule has 0 atom stereocenters. The van der Waals surface area contributed by atoms with Crippen LogP contribution in [0.15, 0.2) is 18.5 Å². The molecule has 2 aromatic heterocycles. The molecule has 0 amide bonds. The fourth-order valence-electron chi connectivity index (χ4n) is 2.30. The lowest BCUT2D eigenvalue weighted by molar-refractivity contribution is 0.0309. The molecule has 2 N–H and O–H groups in total. The van der Waals surface area contributed by atoms with Gasteiger partial charge in [0.05, 0.1) is 23.7 Å². The first kappa shape index (κ1) is 10.9. The number of nitriles is 1. The number of aromatic nitrogens is 2. The van der Waals surface area contributed by atoms with Crippen LogP contribution in [-0.4, -0.2) is 38.5 Å². The predicted molar refractivity (Wildman–Crippen MR) is 64.4 cm³/mol. The summed E-state index contributed by atoms with van der Waals surface area (Å²) < 4.78 is 1.48. The monoisotopic (exact) mass is 244 g/mol. The molecule has 18 heavy (non-hydrogen) atoms. The largest absolute Gasteiger partial charge is 0.506 e. The van der Waals surface area contributed by atoms with E-state index < -0.39 is 5.60 Å². The van der Waals surface area contributed by atoms with Crippen molar-refractivity contribution < 1.29 is 10.2 Å². The molecule has 0 radical (unpaired) electrons. The number of nitrogens with zero attached hydrogens (tertiary/aromatic N) is 4. The molecule has 0 unspecified atom stereocenters. The molecule has 0 aliphatic carbocycles. The van der Waals surface area contributed by atoms with Gasteiger partial charge in [-0.3, -0.25) is 0 Å². The summed E-state index contributed by atoms with van der Waals surface area (Å²) in [6.45, 7) is 2.80. The average Bonchev–Trinajstić information content (AvgIpc) is 2.69. The van der Waals surface area contributed by atoms with Crippen molar-refractivity contribution in [3.8, 4) is 11.8 Å². The van der Waals surface area contributed by atoms with E-state index in [9.17, 15) is 10.2 Å². The van der Waals surface area contributed by atoms with Crippen LogP contribution in [0.4, 0.5) is 5.69 Å². The Morgan fingerprint density at radius 3 is 2.83 bits per heavy atom. The van der Waals surface area contributed by atoms with Crippen molar-refractivity contribution in [1.82, 2.24) is 9.61 Å². The van der Waals surface area contributed by atoms with Crippen LogP contribution in [-0.2, 0) is 0 Å². The number of hydrogen-bond acceptors (Lipinski definition) is 5. The fraction of sp³-hybridized carbons (Fsp3) is 0.333. The standard InChI is InChI=1S/C12H12N4O2/c1-12(18)6-15(7-12)9-2-10(17)11-8(3-13)4-14-16(11)5-9/h2,4-5,17-18H,6-7H2,1H3. The number of pyridine rings is 1. The molecule has 0 bridgehead atoms. The van der Waals surface area contributed by atoms with E-state index >= 15 is 0 Å². The first-order valence-corrected chi connectivity index (χ1v) is 5.58. The molecule has 3 rings (SSSR count). The second-order valence-electron chi connectivity index (χ2n) is 4.90. The van der Waals surface area contributed by atoms with Crippen LogP contribution in [0.3, 0.4) is 0 Å². The molecule has 92 valence electrons. The van der Waals surface area contributed by atoms with Gasteiger partial charge in [-0.25, -0.2) is 4.52 Å². The van der Waals surface area contributed by atoms with E-state index in [0.717, 1.165) is 5.69 Å². The molecule has 3 heterocycles. The van der Waals surface area contributed by atoms with Crippen LogP contribution in [0.1, 0.15) is 12.5 Å². The van der Waals surface area contributed by atoms with E-state index in [1.54, 1.807) is 19.2 Å². The molecule has 6 heteroatoms. The highest BCUT2D eigenvalue weighted by molar-refractivity contribution is 5.72. The SMILES string of the molecule is CC1(O)CN(c2cc(O)c3c(C#N)cnn3c2)C1. The van der Waals surface area contributed by atoms with Gasteiger partial charge in [-0.05, 0) is 6.92 Å². The second-order valence-corrected chi connectivity index (χ2v) is 4.90. The summed E-state index contributed by atoms with van der Waals surface area (Å²) in [5.41, 5.74) is 0.856. The second kappa shape index (κ2) is 3.37. The van der Waals surface area contributed by atoms with Crippen LogP contribution < -0.4 is 4.90 Å². The summed E-state index contributed by atoms with van der Waals surface area (Å²) in [4.78, 5) is 1.94. The van der Waals surface area contributed by atoms with Crippen LogP contribution >= 0.6 is 0 Å². The Hall–Kier alpha value is -2.26. The summed E-state index contributed by atoms with van der Waals surface area (Å²) in [6, 6.07) is 3.57. The van der Waals surface area contributed by atoms with Crippen molar-refractivity contribution in [3.05, 3.63) is 24.0 Å². The van der Waals surface area contributed by atoms with Crippen LogP contribution in [0.5, 0.6) is 5.75 Å². The number of β-amino-alcohol motifs (C(OH)–C–C–N with tert-alkyl or cyclic N) is 1. The first-order valence-electron chi connectivity index (χ1n) is 5.58. The van der Waals surface area contributed by atoms with Crippen molar-refractivity contribution in [2.75, 3.05) is 18.0 Å². The van der Waals surface area contributed by atoms with E-state index in [4.69, 9.17) is 5.26 Å². The third kappa shape index (κ3) is 1.49. The van der Waals surface area contributed by atoms with Gasteiger partial charge < -0.3 is 15.1 Å². The maximum absolute atomic E-state index is 9.95. The summed E-state index contributed by atoms with van der Waals surface area (Å²) in [6.07, 6.45) is 3.16. The Kier molecular flexibility index (Phi) is 2.03. The van der Waals surface area contributed by atoms with Gasteiger partial charge in [-0.1, -0.05) is 0 Å². The first-order chi connectivity index (χ1) is 8.50. The summed E-state index contributed by atoms with van der Waals surface area (Å²) >= 11 is 0. The normalized spacial score (nSPS) is 17.5. The van der Waals surface area contributed by atoms with Crippen molar-refractivity contribution >= 4 is 11.2 Å². The number of hydrogen-bond donors (Lipinski definition) is 2. The lowest BCUT2D eigenvalue weighted by Crippen LogP contribution is -2.60. The minimum Gasteiger partial charge on any atom is -0.506 e. The van der Waals surface area contributed by atoms with Gasteiger partial charge in [-0.2, -0.15) is 10.4 Å². The van der Waals surface area contributed by atoms with Gasteiger partial charge in [0.15, 0.2) is 0 Å². The van der Waals surface area contributed by atoms with E-state index in [0.29, 0.717) is 24.2 Å². The average molecular weight is 244 g/mol. The summed E-state index contributed by atoms with van der Waals surface area (Å²) in [7, 11) is 0. The van der Waals surface area contributed by atoms with Gasteiger partial charge in [0, 0.05) is 19.2 Å². The number of aromatic hydroxyl groups is 1. The van der Waals surface area contributed by atoms with E-state index in [1.165, 1.54) is 10.7 Å². The highest BCUT2D eigenvalue weighted by Gasteiger charge is 2.37. The lowest BCUT2D eigenvalue weighted by Gasteiger charge is -2.45. The number of fused-ring (bicyclic) bond motifs is 1. The molecular formula is C12H12N4O2. The van der Waals surface area contributed by atoms with Gasteiger partial charge >= 0.3 is 0 Å². The molecule has 0 saturated carbocycles. The molecule has 0 aromatic carbocycles. The van der Waals surface area contributed by atoms with Crippen molar-refractivity contribution in [2.45, 2.75) is 12.5 Å². The maximum atomic E-state index is 9.95. The Morgan fingerprint density at radius 2 is 2.22 bits per heavy atom. The van der Waals surface area contributed by atoms with Crippen LogP contribution in [0, 0.1) is 11.3 Å². The van der Waals surface area contributed by atoms with Crippen molar-refractivity contribution in [3.63, 3.8) is 0 Å². The van der Waals surface area contributed by atoms with Gasteiger partial charge in [0.25, 0.3) is 0 Å². The van der Waals surface area contributed by atoms with Gasteiger partial charge in [-0.15, -0.1) is 0 Å². The quantitative estimate of drug-likeness (QED) is 0.762. The molecular weight excluding hydrogens is 232 g/mol. The lowest BCUT2D eigenvalue weighted by atomic mass is 9.96. The number of anilines is 1. The minimum absolute atomic E-state index is 0.0214. The Labute approximate surface area is 103 Å². The fourth-order valence-corrected chi connectivity index (χ4v) is 2.30. The molecule has 6 nitrogen and oxygen atoms in total. The van der Waals surface area contributed by atoms with E-state index in [-0.39, 0.29) is 5.75 Å². The Bertz CT molecular complexity index is 661. The highest BCUT2D eigenvalue weighted by atomic mass is 16.3. The molecule has 0 spiro atoms. The van der Waals surface area contributed by atoms with E-state index in [1.807, 2.05) is 11.0 Å². The highest BCUT2D eigenvalue weighted by Crippen LogP contribution is 2.32. The number of aliphatic hydroxyl groups is 1. The number of rotatable bonds is 1. The molecule has 1 aliphatic heterocycles. The van der Waals surface area contributed by atoms with Gasteiger partial charge in [0.2, 0.25) is 0 Å². The van der Waals surface area contributed by atoms with Gasteiger partial charge in [0.1, 0.15) is 22.9 Å². The molecule has 1 saturated heterocycles.